The van der Waals surface area contributed by atoms with Crippen molar-refractivity contribution in [2.45, 2.75) is 12.7 Å². The van der Waals surface area contributed by atoms with Gasteiger partial charge in [0, 0.05) is 12.8 Å². The fourth-order valence-corrected chi connectivity index (χ4v) is 3.75. The minimum atomic E-state index is 0.691. The standard InChI is InChI=1S/C14H16N4S2/c1-3-19-8-10-12(13(15)18(2)17-10)14-16-9-6-4-5-7-11(9)20-14/h4-7H,3,8,15H2,1-2H3. The molecule has 1 aromatic carbocycles. The lowest BCUT2D eigenvalue weighted by Crippen LogP contribution is -1.97. The van der Waals surface area contributed by atoms with Gasteiger partial charge in [-0.1, -0.05) is 19.1 Å². The number of hydrogen-bond acceptors (Lipinski definition) is 5. The summed E-state index contributed by atoms with van der Waals surface area (Å²) in [5.74, 6) is 2.62. The highest BCUT2D eigenvalue weighted by Gasteiger charge is 2.19. The maximum atomic E-state index is 6.19. The summed E-state index contributed by atoms with van der Waals surface area (Å²) >= 11 is 3.52. The molecule has 6 heteroatoms. The Labute approximate surface area is 126 Å². The molecule has 0 atom stereocenters. The highest BCUT2D eigenvalue weighted by Crippen LogP contribution is 2.36. The van der Waals surface area contributed by atoms with Gasteiger partial charge in [-0.15, -0.1) is 11.3 Å². The number of fused-ring (bicyclic) bond motifs is 1. The van der Waals surface area contributed by atoms with Gasteiger partial charge in [-0.2, -0.15) is 16.9 Å². The molecule has 0 aliphatic heterocycles. The zero-order valence-electron chi connectivity index (χ0n) is 11.5. The van der Waals surface area contributed by atoms with Crippen LogP contribution in [0.15, 0.2) is 24.3 Å². The van der Waals surface area contributed by atoms with E-state index in [0.717, 1.165) is 33.3 Å². The molecule has 4 nitrogen and oxygen atoms in total. The number of nitrogen functional groups attached to an aromatic ring is 1. The Bertz CT molecular complexity index is 712. The van der Waals surface area contributed by atoms with Gasteiger partial charge in [0.05, 0.1) is 21.5 Å². The van der Waals surface area contributed by atoms with Crippen molar-refractivity contribution in [2.24, 2.45) is 7.05 Å². The van der Waals surface area contributed by atoms with Crippen LogP contribution in [-0.4, -0.2) is 20.5 Å². The van der Waals surface area contributed by atoms with Crippen LogP contribution in [0.25, 0.3) is 20.8 Å². The number of aryl methyl sites for hydroxylation is 1. The second-order valence-corrected chi connectivity index (χ2v) is 6.76. The summed E-state index contributed by atoms with van der Waals surface area (Å²) in [7, 11) is 1.88. The van der Waals surface area contributed by atoms with E-state index in [1.807, 2.05) is 37.0 Å². The number of nitrogens with two attached hydrogens (primary N) is 1. The molecule has 0 aliphatic carbocycles. The van der Waals surface area contributed by atoms with Crippen molar-refractivity contribution in [3.05, 3.63) is 30.0 Å². The van der Waals surface area contributed by atoms with E-state index >= 15 is 0 Å². The van der Waals surface area contributed by atoms with Gasteiger partial charge in [0.15, 0.2) is 0 Å². The average Bonchev–Trinajstić information content (AvgIpc) is 2.98. The van der Waals surface area contributed by atoms with Gasteiger partial charge in [-0.3, -0.25) is 4.68 Å². The predicted molar refractivity (Wildman–Crippen MR) is 88.1 cm³/mol. The topological polar surface area (TPSA) is 56.7 Å². The minimum Gasteiger partial charge on any atom is -0.383 e. The van der Waals surface area contributed by atoms with Crippen LogP contribution in [0.1, 0.15) is 12.6 Å². The van der Waals surface area contributed by atoms with E-state index in [0.29, 0.717) is 5.82 Å². The second-order valence-electron chi connectivity index (χ2n) is 4.45. The number of aromatic nitrogens is 3. The molecule has 0 aliphatic rings. The molecule has 3 aromatic rings. The highest BCUT2D eigenvalue weighted by molar-refractivity contribution is 7.98. The Morgan fingerprint density at radius 2 is 2.15 bits per heavy atom. The van der Waals surface area contributed by atoms with Crippen LogP contribution in [0.5, 0.6) is 0 Å². The molecule has 0 amide bonds. The van der Waals surface area contributed by atoms with Crippen LogP contribution >= 0.6 is 23.1 Å². The van der Waals surface area contributed by atoms with Crippen molar-refractivity contribution >= 4 is 39.1 Å². The molecule has 0 fully saturated rings. The van der Waals surface area contributed by atoms with Crippen molar-refractivity contribution in [3.8, 4) is 10.6 Å². The van der Waals surface area contributed by atoms with Crippen LogP contribution < -0.4 is 5.73 Å². The van der Waals surface area contributed by atoms with Crippen LogP contribution in [0.2, 0.25) is 0 Å². The number of para-hydroxylation sites is 1. The van der Waals surface area contributed by atoms with E-state index in [1.165, 1.54) is 4.70 Å². The minimum absolute atomic E-state index is 0.691. The zero-order valence-corrected chi connectivity index (χ0v) is 13.1. The fourth-order valence-electron chi connectivity index (χ4n) is 2.11. The number of rotatable bonds is 4. The molecular weight excluding hydrogens is 288 g/mol. The summed E-state index contributed by atoms with van der Waals surface area (Å²) in [6.07, 6.45) is 0. The lowest BCUT2D eigenvalue weighted by Gasteiger charge is -1.99. The van der Waals surface area contributed by atoms with Crippen LogP contribution in [-0.2, 0) is 12.8 Å². The van der Waals surface area contributed by atoms with Gasteiger partial charge >= 0.3 is 0 Å². The summed E-state index contributed by atoms with van der Waals surface area (Å²) in [6.45, 7) is 2.15. The Balaban J connectivity index is 2.12. The third-order valence-electron chi connectivity index (χ3n) is 3.11. The van der Waals surface area contributed by atoms with Crippen LogP contribution in [0.4, 0.5) is 5.82 Å². The van der Waals surface area contributed by atoms with E-state index in [9.17, 15) is 0 Å². The molecule has 0 bridgehead atoms. The van der Waals surface area contributed by atoms with E-state index in [4.69, 9.17) is 10.7 Å². The molecule has 104 valence electrons. The van der Waals surface area contributed by atoms with Crippen LogP contribution in [0.3, 0.4) is 0 Å². The third-order valence-corrected chi connectivity index (χ3v) is 5.05. The SMILES string of the molecule is CCSCc1nn(C)c(N)c1-c1nc2ccccc2s1. The summed E-state index contributed by atoms with van der Waals surface area (Å²) in [5, 5.41) is 5.49. The molecule has 0 radical (unpaired) electrons. The quantitative estimate of drug-likeness (QED) is 0.801. The van der Waals surface area contributed by atoms with Crippen molar-refractivity contribution in [1.82, 2.24) is 14.8 Å². The van der Waals surface area contributed by atoms with Crippen molar-refractivity contribution < 1.29 is 0 Å². The van der Waals surface area contributed by atoms with E-state index in [-0.39, 0.29) is 0 Å². The fraction of sp³-hybridized carbons (Fsp3) is 0.286. The van der Waals surface area contributed by atoms with Gasteiger partial charge in [0.1, 0.15) is 10.8 Å². The van der Waals surface area contributed by atoms with E-state index < -0.39 is 0 Å². The molecule has 3 rings (SSSR count). The largest absolute Gasteiger partial charge is 0.383 e. The Kier molecular flexibility index (Phi) is 3.67. The van der Waals surface area contributed by atoms with Gasteiger partial charge in [-0.05, 0) is 17.9 Å². The van der Waals surface area contributed by atoms with E-state index in [1.54, 1.807) is 16.0 Å². The van der Waals surface area contributed by atoms with Gasteiger partial charge < -0.3 is 5.73 Å². The first-order valence-electron chi connectivity index (χ1n) is 6.45. The van der Waals surface area contributed by atoms with Crippen LogP contribution in [0, 0.1) is 0 Å². The second kappa shape index (κ2) is 5.46. The third kappa shape index (κ3) is 2.29. The van der Waals surface area contributed by atoms with Gasteiger partial charge in [0.2, 0.25) is 0 Å². The summed E-state index contributed by atoms with van der Waals surface area (Å²) in [4.78, 5) is 4.70. The molecule has 2 heterocycles. The molecule has 20 heavy (non-hydrogen) atoms. The zero-order chi connectivity index (χ0) is 14.1. The molecule has 0 unspecified atom stereocenters. The van der Waals surface area contributed by atoms with Gasteiger partial charge in [0.25, 0.3) is 0 Å². The molecular formula is C14H16N4S2. The summed E-state index contributed by atoms with van der Waals surface area (Å²) < 4.78 is 2.92. The Morgan fingerprint density at radius 3 is 2.90 bits per heavy atom. The lowest BCUT2D eigenvalue weighted by molar-refractivity contribution is 0.765. The first-order chi connectivity index (χ1) is 9.70. The monoisotopic (exact) mass is 304 g/mol. The number of benzene rings is 1. The number of thiazole rings is 1. The van der Waals surface area contributed by atoms with Crippen molar-refractivity contribution in [2.75, 3.05) is 11.5 Å². The van der Waals surface area contributed by atoms with Gasteiger partial charge in [-0.25, -0.2) is 4.98 Å². The maximum absolute atomic E-state index is 6.19. The first kappa shape index (κ1) is 13.5. The smallest absolute Gasteiger partial charge is 0.132 e. The van der Waals surface area contributed by atoms with Crippen molar-refractivity contribution in [3.63, 3.8) is 0 Å². The molecule has 2 N–H and O–H groups in total. The molecule has 0 saturated heterocycles. The highest BCUT2D eigenvalue weighted by atomic mass is 32.2. The first-order valence-corrected chi connectivity index (χ1v) is 8.43. The number of nitrogens with zero attached hydrogens (tertiary/aromatic N) is 3. The predicted octanol–water partition coefficient (Wildman–Crippen LogP) is 3.53. The molecule has 0 spiro atoms. The Hall–Kier alpha value is -1.53. The molecule has 2 aromatic heterocycles. The number of hydrogen-bond donors (Lipinski definition) is 1. The molecule has 0 saturated carbocycles. The number of thioether (sulfide) groups is 1. The van der Waals surface area contributed by atoms with E-state index in [2.05, 4.69) is 18.1 Å². The summed E-state index contributed by atoms with van der Waals surface area (Å²) in [5.41, 5.74) is 9.22. The summed E-state index contributed by atoms with van der Waals surface area (Å²) in [6, 6.07) is 8.16. The van der Waals surface area contributed by atoms with Crippen molar-refractivity contribution in [1.29, 1.82) is 0 Å². The maximum Gasteiger partial charge on any atom is 0.132 e. The number of anilines is 1. The lowest BCUT2D eigenvalue weighted by atomic mass is 10.2. The Morgan fingerprint density at radius 1 is 1.35 bits per heavy atom. The average molecular weight is 304 g/mol. The normalized spacial score (nSPS) is 11.3.